The first-order valence-corrected chi connectivity index (χ1v) is 5.79. The molecule has 0 fully saturated rings. The molecule has 5 heteroatoms. The van der Waals surface area contributed by atoms with Gasteiger partial charge in [0, 0.05) is 23.7 Å². The lowest BCUT2D eigenvalue weighted by atomic mass is 10.2. The average molecular weight is 260 g/mol. The molecule has 0 aliphatic carbocycles. The first-order chi connectivity index (χ1) is 8.04. The Kier molecular flexibility index (Phi) is 5.38. The van der Waals surface area contributed by atoms with E-state index in [0.29, 0.717) is 30.2 Å². The molecule has 17 heavy (non-hydrogen) atoms. The normalized spacial score (nSPS) is 10.8. The second-order valence-corrected chi connectivity index (χ2v) is 4.12. The van der Waals surface area contributed by atoms with Crippen molar-refractivity contribution in [2.45, 2.75) is 19.9 Å². The first-order valence-electron chi connectivity index (χ1n) is 5.41. The first kappa shape index (κ1) is 13.9. The second kappa shape index (κ2) is 6.57. The summed E-state index contributed by atoms with van der Waals surface area (Å²) in [6.07, 6.45) is 0.0416. The molecule has 0 amide bonds. The highest BCUT2D eigenvalue weighted by atomic mass is 35.5. The fourth-order valence-electron chi connectivity index (χ4n) is 1.51. The molecule has 0 aromatic heterocycles. The average Bonchev–Trinajstić information content (AvgIpc) is 2.27. The number of carbonyl (C=O) groups is 1. The fourth-order valence-corrected chi connectivity index (χ4v) is 1.73. The summed E-state index contributed by atoms with van der Waals surface area (Å²) in [6.45, 7) is 3.26. The van der Waals surface area contributed by atoms with Crippen molar-refractivity contribution in [2.75, 3.05) is 13.1 Å². The summed E-state index contributed by atoms with van der Waals surface area (Å²) in [5.41, 5.74) is 0.418. The zero-order chi connectivity index (χ0) is 12.8. The topological polar surface area (TPSA) is 40.5 Å². The Hall–Kier alpha value is -1.13. The van der Waals surface area contributed by atoms with E-state index in [1.807, 2.05) is 11.8 Å². The molecule has 94 valence electrons. The molecular formula is C12H15ClFNO2. The van der Waals surface area contributed by atoms with Gasteiger partial charge in [-0.05, 0) is 18.7 Å². The molecule has 0 saturated heterocycles. The van der Waals surface area contributed by atoms with Crippen LogP contribution in [0.1, 0.15) is 18.9 Å². The van der Waals surface area contributed by atoms with Gasteiger partial charge in [-0.1, -0.05) is 24.6 Å². The van der Waals surface area contributed by atoms with Crippen molar-refractivity contribution in [2.24, 2.45) is 0 Å². The smallest absolute Gasteiger partial charge is 0.304 e. The molecule has 0 heterocycles. The van der Waals surface area contributed by atoms with Gasteiger partial charge in [-0.15, -0.1) is 0 Å². The number of carboxylic acid groups (broad SMARTS) is 1. The Balaban J connectivity index is 2.70. The van der Waals surface area contributed by atoms with Crippen LogP contribution in [-0.4, -0.2) is 29.1 Å². The quantitative estimate of drug-likeness (QED) is 0.854. The molecule has 0 saturated carbocycles. The maximum atomic E-state index is 13.5. The number of carboxylic acids is 1. The summed E-state index contributed by atoms with van der Waals surface area (Å²) >= 11 is 5.91. The lowest BCUT2D eigenvalue weighted by Crippen LogP contribution is -2.26. The number of nitrogens with zero attached hydrogens (tertiary/aromatic N) is 1. The van der Waals surface area contributed by atoms with Gasteiger partial charge in [-0.3, -0.25) is 9.69 Å². The minimum Gasteiger partial charge on any atom is -0.481 e. The molecular weight excluding hydrogens is 245 g/mol. The van der Waals surface area contributed by atoms with Crippen molar-refractivity contribution in [3.63, 3.8) is 0 Å². The summed E-state index contributed by atoms with van der Waals surface area (Å²) < 4.78 is 13.5. The van der Waals surface area contributed by atoms with Crippen LogP contribution in [0.5, 0.6) is 0 Å². The lowest BCUT2D eigenvalue weighted by molar-refractivity contribution is -0.137. The van der Waals surface area contributed by atoms with Gasteiger partial charge < -0.3 is 5.11 Å². The summed E-state index contributed by atoms with van der Waals surface area (Å²) in [4.78, 5) is 12.3. The molecule has 0 aliphatic heterocycles. The van der Waals surface area contributed by atoms with Crippen LogP contribution in [0.4, 0.5) is 4.39 Å². The summed E-state index contributed by atoms with van der Waals surface area (Å²) in [7, 11) is 0. The number of benzene rings is 1. The lowest BCUT2D eigenvalue weighted by Gasteiger charge is -2.20. The third-order valence-corrected chi connectivity index (χ3v) is 2.89. The number of halogens is 2. The van der Waals surface area contributed by atoms with Gasteiger partial charge in [0.2, 0.25) is 0 Å². The van der Waals surface area contributed by atoms with E-state index in [1.54, 1.807) is 12.1 Å². The van der Waals surface area contributed by atoms with Crippen LogP contribution in [0.3, 0.4) is 0 Å². The van der Waals surface area contributed by atoms with Crippen molar-refractivity contribution in [3.8, 4) is 0 Å². The largest absolute Gasteiger partial charge is 0.481 e. The van der Waals surface area contributed by atoms with Gasteiger partial charge in [0.15, 0.2) is 0 Å². The SMILES string of the molecule is CCN(CCC(=O)O)Cc1c(F)cccc1Cl. The fraction of sp³-hybridized carbons (Fsp3) is 0.417. The van der Waals surface area contributed by atoms with E-state index in [4.69, 9.17) is 16.7 Å². The van der Waals surface area contributed by atoms with Crippen molar-refractivity contribution in [3.05, 3.63) is 34.6 Å². The third kappa shape index (κ3) is 4.32. The highest BCUT2D eigenvalue weighted by molar-refractivity contribution is 6.31. The molecule has 0 spiro atoms. The molecule has 0 bridgehead atoms. The summed E-state index contributed by atoms with van der Waals surface area (Å²) in [6, 6.07) is 4.53. The van der Waals surface area contributed by atoms with Crippen molar-refractivity contribution in [1.82, 2.24) is 4.90 Å². The number of aliphatic carboxylic acids is 1. The number of rotatable bonds is 6. The van der Waals surface area contributed by atoms with Gasteiger partial charge >= 0.3 is 5.97 Å². The van der Waals surface area contributed by atoms with Gasteiger partial charge in [-0.2, -0.15) is 0 Å². The van der Waals surface area contributed by atoms with Crippen LogP contribution in [0.15, 0.2) is 18.2 Å². The zero-order valence-corrected chi connectivity index (χ0v) is 10.4. The molecule has 0 aliphatic rings. The Morgan fingerprint density at radius 2 is 2.24 bits per heavy atom. The molecule has 0 unspecified atom stereocenters. The van der Waals surface area contributed by atoms with E-state index >= 15 is 0 Å². The van der Waals surface area contributed by atoms with E-state index in [0.717, 1.165) is 0 Å². The number of hydrogen-bond donors (Lipinski definition) is 1. The molecule has 1 N–H and O–H groups in total. The van der Waals surface area contributed by atoms with Crippen molar-refractivity contribution in [1.29, 1.82) is 0 Å². The van der Waals surface area contributed by atoms with Crippen LogP contribution in [0.25, 0.3) is 0 Å². The van der Waals surface area contributed by atoms with Gasteiger partial charge in [0.05, 0.1) is 6.42 Å². The Morgan fingerprint density at radius 1 is 1.53 bits per heavy atom. The van der Waals surface area contributed by atoms with E-state index in [9.17, 15) is 9.18 Å². The molecule has 0 atom stereocenters. The molecule has 3 nitrogen and oxygen atoms in total. The third-order valence-electron chi connectivity index (χ3n) is 2.53. The van der Waals surface area contributed by atoms with E-state index in [2.05, 4.69) is 0 Å². The summed E-state index contributed by atoms with van der Waals surface area (Å²) in [5, 5.41) is 8.98. The highest BCUT2D eigenvalue weighted by Crippen LogP contribution is 2.20. The standard InChI is InChI=1S/C12H15ClFNO2/c1-2-15(7-6-12(16)17)8-9-10(13)4-3-5-11(9)14/h3-5H,2,6-8H2,1H3,(H,16,17). The Morgan fingerprint density at radius 3 is 2.76 bits per heavy atom. The van der Waals surface area contributed by atoms with Crippen molar-refractivity contribution < 1.29 is 14.3 Å². The Labute approximate surface area is 105 Å². The van der Waals surface area contributed by atoms with Crippen LogP contribution in [0.2, 0.25) is 5.02 Å². The van der Waals surface area contributed by atoms with E-state index in [1.165, 1.54) is 6.07 Å². The molecule has 1 aromatic carbocycles. The monoisotopic (exact) mass is 259 g/mol. The predicted octanol–water partition coefficient (Wildman–Crippen LogP) is 2.78. The predicted molar refractivity (Wildman–Crippen MR) is 64.6 cm³/mol. The highest BCUT2D eigenvalue weighted by Gasteiger charge is 2.12. The van der Waals surface area contributed by atoms with E-state index < -0.39 is 5.97 Å². The maximum absolute atomic E-state index is 13.5. The molecule has 0 radical (unpaired) electrons. The van der Waals surface area contributed by atoms with Crippen molar-refractivity contribution >= 4 is 17.6 Å². The summed E-state index contributed by atoms with van der Waals surface area (Å²) in [5.74, 6) is -1.21. The van der Waals surface area contributed by atoms with Crippen LogP contribution < -0.4 is 0 Å². The van der Waals surface area contributed by atoms with Gasteiger partial charge in [0.1, 0.15) is 5.82 Å². The minimum atomic E-state index is -0.858. The Bertz CT molecular complexity index is 378. The maximum Gasteiger partial charge on any atom is 0.304 e. The van der Waals surface area contributed by atoms with Gasteiger partial charge in [0.25, 0.3) is 0 Å². The molecule has 1 aromatic rings. The van der Waals surface area contributed by atoms with Crippen LogP contribution in [-0.2, 0) is 11.3 Å². The zero-order valence-electron chi connectivity index (χ0n) is 9.62. The number of hydrogen-bond acceptors (Lipinski definition) is 2. The van der Waals surface area contributed by atoms with Gasteiger partial charge in [-0.25, -0.2) is 4.39 Å². The second-order valence-electron chi connectivity index (χ2n) is 3.71. The molecule has 1 rings (SSSR count). The van der Waals surface area contributed by atoms with Crippen LogP contribution in [0, 0.1) is 5.82 Å². The minimum absolute atomic E-state index is 0.0416. The van der Waals surface area contributed by atoms with E-state index in [-0.39, 0.29) is 12.2 Å². The van der Waals surface area contributed by atoms with Crippen LogP contribution >= 0.6 is 11.6 Å².